The highest BCUT2D eigenvalue weighted by Crippen LogP contribution is 2.20. The summed E-state index contributed by atoms with van der Waals surface area (Å²) in [4.78, 5) is 21.8. The lowest BCUT2D eigenvalue weighted by Crippen LogP contribution is -2.46. The smallest absolute Gasteiger partial charge is 0.269 e. The first kappa shape index (κ1) is 20.6. The zero-order valence-electron chi connectivity index (χ0n) is 16.9. The monoisotopic (exact) mass is 468 g/mol. The van der Waals surface area contributed by atoms with Gasteiger partial charge in [-0.2, -0.15) is 5.10 Å². The number of aromatic amines is 1. The van der Waals surface area contributed by atoms with Crippen LogP contribution in [-0.4, -0.2) is 58.7 Å². The summed E-state index contributed by atoms with van der Waals surface area (Å²) in [5.41, 5.74) is 3.09. The van der Waals surface area contributed by atoms with Gasteiger partial charge in [0.05, 0.1) is 5.69 Å². The number of carbonyl (C=O) groups excluding carboxylic acids is 1. The first-order chi connectivity index (χ1) is 14.6. The lowest BCUT2D eigenvalue weighted by Gasteiger charge is -2.34. The zero-order chi connectivity index (χ0) is 20.9. The van der Waals surface area contributed by atoms with Crippen LogP contribution < -0.4 is 10.2 Å². The number of H-pyrrole nitrogens is 1. The fourth-order valence-corrected chi connectivity index (χ4v) is 3.75. The van der Waals surface area contributed by atoms with Crippen molar-refractivity contribution in [2.24, 2.45) is 0 Å². The Kier molecular flexibility index (Phi) is 6.44. The van der Waals surface area contributed by atoms with Crippen molar-refractivity contribution in [3.8, 4) is 11.3 Å². The molecule has 0 bridgehead atoms. The van der Waals surface area contributed by atoms with Crippen LogP contribution in [0.2, 0.25) is 0 Å². The molecular weight excluding hydrogens is 444 g/mol. The van der Waals surface area contributed by atoms with Gasteiger partial charge in [-0.05, 0) is 36.4 Å². The number of nitrogens with one attached hydrogen (secondary N) is 2. The Morgan fingerprint density at radius 3 is 2.57 bits per heavy atom. The number of carbonyl (C=O) groups is 1. The summed E-state index contributed by atoms with van der Waals surface area (Å²) in [5, 5.41) is 9.98. The highest BCUT2D eigenvalue weighted by atomic mass is 79.9. The molecule has 0 unspecified atom stereocenters. The van der Waals surface area contributed by atoms with E-state index in [2.05, 4.69) is 53.2 Å². The van der Waals surface area contributed by atoms with Crippen molar-refractivity contribution >= 4 is 27.7 Å². The molecule has 0 spiro atoms. The average Bonchev–Trinajstić information content (AvgIpc) is 3.29. The summed E-state index contributed by atoms with van der Waals surface area (Å²) in [6.07, 6.45) is 1.84. The Hall–Kier alpha value is -2.71. The van der Waals surface area contributed by atoms with Crippen molar-refractivity contribution in [2.75, 3.05) is 37.6 Å². The number of aromatic nitrogens is 3. The number of benzene rings is 1. The molecule has 1 saturated heterocycles. The summed E-state index contributed by atoms with van der Waals surface area (Å²) in [6, 6.07) is 13.6. The molecule has 3 heterocycles. The number of hydrogen-bond donors (Lipinski definition) is 2. The number of halogens is 1. The maximum absolute atomic E-state index is 12.5. The van der Waals surface area contributed by atoms with Gasteiger partial charge in [-0.25, -0.2) is 4.98 Å². The molecule has 0 atom stereocenters. The molecular formula is C22H25BrN6O. The number of rotatable bonds is 6. The van der Waals surface area contributed by atoms with E-state index in [1.54, 1.807) is 6.07 Å². The van der Waals surface area contributed by atoms with Crippen molar-refractivity contribution in [3.63, 3.8) is 0 Å². The van der Waals surface area contributed by atoms with Crippen LogP contribution in [0.25, 0.3) is 11.3 Å². The highest BCUT2D eigenvalue weighted by molar-refractivity contribution is 9.10. The number of likely N-dealkylation sites (N-methyl/N-ethyl adjacent to an activating group) is 1. The van der Waals surface area contributed by atoms with E-state index < -0.39 is 0 Å². The highest BCUT2D eigenvalue weighted by Gasteiger charge is 2.16. The number of hydrogen-bond acceptors (Lipinski definition) is 5. The van der Waals surface area contributed by atoms with Crippen LogP contribution in [0.1, 0.15) is 23.0 Å². The predicted octanol–water partition coefficient (Wildman–Crippen LogP) is 3.31. The van der Waals surface area contributed by atoms with Gasteiger partial charge in [0.2, 0.25) is 0 Å². The molecule has 2 aromatic heterocycles. The Morgan fingerprint density at radius 1 is 1.13 bits per heavy atom. The SMILES string of the molecule is CCN1CCN(c2ccc(CNC(=O)c3cc(-c4ccc(Br)cc4)n[nH]3)cn2)CC1. The Labute approximate surface area is 184 Å². The van der Waals surface area contributed by atoms with E-state index >= 15 is 0 Å². The molecule has 0 saturated carbocycles. The maximum Gasteiger partial charge on any atom is 0.269 e. The molecule has 4 rings (SSSR count). The molecule has 1 aromatic carbocycles. The van der Waals surface area contributed by atoms with E-state index in [1.807, 2.05) is 42.6 Å². The third kappa shape index (κ3) is 4.88. The van der Waals surface area contributed by atoms with E-state index in [-0.39, 0.29) is 5.91 Å². The van der Waals surface area contributed by atoms with Crippen LogP contribution in [0.3, 0.4) is 0 Å². The van der Waals surface area contributed by atoms with E-state index in [0.29, 0.717) is 12.2 Å². The van der Waals surface area contributed by atoms with Gasteiger partial charge in [-0.3, -0.25) is 9.89 Å². The first-order valence-electron chi connectivity index (χ1n) is 10.1. The van der Waals surface area contributed by atoms with Gasteiger partial charge < -0.3 is 15.1 Å². The second-order valence-corrected chi connectivity index (χ2v) is 8.22. The number of pyridine rings is 1. The number of amides is 1. The Morgan fingerprint density at radius 2 is 1.90 bits per heavy atom. The molecule has 1 fully saturated rings. The molecule has 1 aliphatic rings. The summed E-state index contributed by atoms with van der Waals surface area (Å²) in [5.74, 6) is 0.805. The molecule has 3 aromatic rings. The van der Waals surface area contributed by atoms with Gasteiger partial charge in [-0.1, -0.05) is 41.1 Å². The van der Waals surface area contributed by atoms with Gasteiger partial charge in [0, 0.05) is 49.0 Å². The lowest BCUT2D eigenvalue weighted by molar-refractivity contribution is 0.0946. The van der Waals surface area contributed by atoms with Crippen LogP contribution in [0.5, 0.6) is 0 Å². The van der Waals surface area contributed by atoms with Crippen molar-refractivity contribution < 1.29 is 4.79 Å². The van der Waals surface area contributed by atoms with E-state index in [1.165, 1.54) is 0 Å². The normalized spacial score (nSPS) is 14.7. The molecule has 156 valence electrons. The van der Waals surface area contributed by atoms with Crippen LogP contribution in [0, 0.1) is 0 Å². The minimum Gasteiger partial charge on any atom is -0.354 e. The quantitative estimate of drug-likeness (QED) is 0.580. The van der Waals surface area contributed by atoms with Gasteiger partial charge in [0.25, 0.3) is 5.91 Å². The largest absolute Gasteiger partial charge is 0.354 e. The molecule has 1 amide bonds. The van der Waals surface area contributed by atoms with Crippen molar-refractivity contribution in [3.05, 3.63) is 64.4 Å². The molecule has 8 heteroatoms. The Balaban J connectivity index is 1.31. The third-order valence-electron chi connectivity index (χ3n) is 5.37. The lowest BCUT2D eigenvalue weighted by atomic mass is 10.1. The van der Waals surface area contributed by atoms with Crippen LogP contribution >= 0.6 is 15.9 Å². The molecule has 0 aliphatic carbocycles. The van der Waals surface area contributed by atoms with E-state index in [9.17, 15) is 4.79 Å². The van der Waals surface area contributed by atoms with Crippen LogP contribution in [-0.2, 0) is 6.54 Å². The Bertz CT molecular complexity index is 978. The maximum atomic E-state index is 12.5. The third-order valence-corrected chi connectivity index (χ3v) is 5.90. The molecule has 2 N–H and O–H groups in total. The van der Waals surface area contributed by atoms with Gasteiger partial charge in [0.1, 0.15) is 11.5 Å². The summed E-state index contributed by atoms with van der Waals surface area (Å²) >= 11 is 3.42. The summed E-state index contributed by atoms with van der Waals surface area (Å²) < 4.78 is 1.00. The number of anilines is 1. The number of piperazine rings is 1. The van der Waals surface area contributed by atoms with Gasteiger partial charge >= 0.3 is 0 Å². The van der Waals surface area contributed by atoms with Crippen molar-refractivity contribution in [1.82, 2.24) is 25.4 Å². The van der Waals surface area contributed by atoms with Crippen molar-refractivity contribution in [1.29, 1.82) is 0 Å². The van der Waals surface area contributed by atoms with E-state index in [4.69, 9.17) is 0 Å². The predicted molar refractivity (Wildman–Crippen MR) is 121 cm³/mol. The van der Waals surface area contributed by atoms with Gasteiger partial charge in [-0.15, -0.1) is 0 Å². The molecule has 7 nitrogen and oxygen atoms in total. The fourth-order valence-electron chi connectivity index (χ4n) is 3.49. The molecule has 0 radical (unpaired) electrons. The molecule has 30 heavy (non-hydrogen) atoms. The average molecular weight is 469 g/mol. The summed E-state index contributed by atoms with van der Waals surface area (Å²) in [7, 11) is 0. The topological polar surface area (TPSA) is 77.1 Å². The van der Waals surface area contributed by atoms with Crippen LogP contribution in [0.4, 0.5) is 5.82 Å². The first-order valence-corrected chi connectivity index (χ1v) is 10.9. The number of nitrogens with zero attached hydrogens (tertiary/aromatic N) is 4. The standard InChI is InChI=1S/C22H25BrN6O/c1-2-28-9-11-29(12-10-28)21-8-3-16(14-24-21)15-25-22(30)20-13-19(26-27-20)17-4-6-18(23)7-5-17/h3-8,13-14H,2,9-12,15H2,1H3,(H,25,30)(H,26,27). The minimum absolute atomic E-state index is 0.189. The second kappa shape index (κ2) is 9.40. The van der Waals surface area contributed by atoms with E-state index in [0.717, 1.165) is 59.8 Å². The zero-order valence-corrected chi connectivity index (χ0v) is 18.5. The fraction of sp³-hybridized carbons (Fsp3) is 0.318. The van der Waals surface area contributed by atoms with Crippen LogP contribution in [0.15, 0.2) is 53.1 Å². The molecule has 1 aliphatic heterocycles. The minimum atomic E-state index is -0.189. The van der Waals surface area contributed by atoms with Gasteiger partial charge in [0.15, 0.2) is 0 Å². The van der Waals surface area contributed by atoms with Crippen molar-refractivity contribution in [2.45, 2.75) is 13.5 Å². The second-order valence-electron chi connectivity index (χ2n) is 7.30. The summed E-state index contributed by atoms with van der Waals surface area (Å²) in [6.45, 7) is 7.85.